The Morgan fingerprint density at radius 2 is 2.31 bits per heavy atom. The van der Waals surface area contributed by atoms with Gasteiger partial charge in [0, 0.05) is 13.1 Å². The molecule has 0 aromatic rings. The first kappa shape index (κ1) is 10.7. The minimum atomic E-state index is -3.09. The van der Waals surface area contributed by atoms with Crippen LogP contribution in [0.2, 0.25) is 0 Å². The van der Waals surface area contributed by atoms with Gasteiger partial charge in [0.15, 0.2) is 0 Å². The maximum atomic E-state index is 11.5. The van der Waals surface area contributed by atoms with Gasteiger partial charge in [0.05, 0.1) is 5.75 Å². The molecule has 13 heavy (non-hydrogen) atoms. The van der Waals surface area contributed by atoms with Crippen molar-refractivity contribution in [1.29, 1.82) is 0 Å². The van der Waals surface area contributed by atoms with E-state index in [-0.39, 0.29) is 5.75 Å². The molecule has 1 rings (SSSR count). The summed E-state index contributed by atoms with van der Waals surface area (Å²) in [5.74, 6) is 0.365. The Kier molecular flexibility index (Phi) is 3.47. The number of sulfonamides is 1. The molecule has 4 nitrogen and oxygen atoms in total. The predicted molar refractivity (Wildman–Crippen MR) is 52.7 cm³/mol. The minimum absolute atomic E-state index is 0.0320. The standard InChI is InChI=1S/C8H16N2O2S/c1-2-5-13(11,12)10-4-3-8(6-9)7-10/h2,8H,1,3-7,9H2. The van der Waals surface area contributed by atoms with E-state index in [9.17, 15) is 8.42 Å². The van der Waals surface area contributed by atoms with E-state index in [4.69, 9.17) is 5.73 Å². The van der Waals surface area contributed by atoms with Crippen LogP contribution in [0.25, 0.3) is 0 Å². The molecule has 0 bridgehead atoms. The fraction of sp³-hybridized carbons (Fsp3) is 0.750. The van der Waals surface area contributed by atoms with E-state index in [1.165, 1.54) is 10.4 Å². The minimum Gasteiger partial charge on any atom is -0.330 e. The molecule has 1 aliphatic rings. The molecule has 0 aromatic carbocycles. The average molecular weight is 204 g/mol. The first-order chi connectivity index (χ1) is 6.10. The third-order valence-corrected chi connectivity index (χ3v) is 4.08. The second kappa shape index (κ2) is 4.21. The van der Waals surface area contributed by atoms with Crippen molar-refractivity contribution in [3.63, 3.8) is 0 Å². The molecule has 0 aliphatic carbocycles. The molecule has 1 saturated heterocycles. The average Bonchev–Trinajstić information content (AvgIpc) is 2.52. The zero-order chi connectivity index (χ0) is 9.90. The van der Waals surface area contributed by atoms with Crippen LogP contribution in [0, 0.1) is 5.92 Å². The lowest BCUT2D eigenvalue weighted by atomic mass is 10.1. The normalized spacial score (nSPS) is 24.8. The van der Waals surface area contributed by atoms with Gasteiger partial charge in [0.2, 0.25) is 10.0 Å². The van der Waals surface area contributed by atoms with Crippen molar-refractivity contribution in [2.45, 2.75) is 6.42 Å². The van der Waals surface area contributed by atoms with Gasteiger partial charge >= 0.3 is 0 Å². The van der Waals surface area contributed by atoms with Crippen LogP contribution in [-0.2, 0) is 10.0 Å². The molecule has 76 valence electrons. The monoisotopic (exact) mass is 204 g/mol. The van der Waals surface area contributed by atoms with Crippen LogP contribution in [0.1, 0.15) is 6.42 Å². The predicted octanol–water partition coefficient (Wildman–Crippen LogP) is -0.217. The van der Waals surface area contributed by atoms with Crippen molar-refractivity contribution < 1.29 is 8.42 Å². The van der Waals surface area contributed by atoms with Gasteiger partial charge in [-0.1, -0.05) is 6.08 Å². The highest BCUT2D eigenvalue weighted by Gasteiger charge is 2.29. The van der Waals surface area contributed by atoms with Crippen molar-refractivity contribution >= 4 is 10.0 Å². The Morgan fingerprint density at radius 1 is 1.62 bits per heavy atom. The van der Waals surface area contributed by atoms with Crippen LogP contribution in [0.4, 0.5) is 0 Å². The van der Waals surface area contributed by atoms with Crippen molar-refractivity contribution in [2.24, 2.45) is 11.7 Å². The molecule has 1 atom stereocenters. The van der Waals surface area contributed by atoms with E-state index in [1.54, 1.807) is 0 Å². The van der Waals surface area contributed by atoms with Crippen LogP contribution in [0.15, 0.2) is 12.7 Å². The summed E-state index contributed by atoms with van der Waals surface area (Å²) in [5, 5.41) is 0. The molecular formula is C8H16N2O2S. The summed E-state index contributed by atoms with van der Waals surface area (Å²) >= 11 is 0. The van der Waals surface area contributed by atoms with Gasteiger partial charge in [-0.3, -0.25) is 0 Å². The highest BCUT2D eigenvalue weighted by atomic mass is 32.2. The maximum absolute atomic E-state index is 11.5. The summed E-state index contributed by atoms with van der Waals surface area (Å²) in [4.78, 5) is 0. The Hall–Kier alpha value is -0.390. The fourth-order valence-corrected chi connectivity index (χ4v) is 2.83. The summed E-state index contributed by atoms with van der Waals surface area (Å²) in [7, 11) is -3.09. The maximum Gasteiger partial charge on any atom is 0.217 e. The largest absolute Gasteiger partial charge is 0.330 e. The number of rotatable bonds is 4. The van der Waals surface area contributed by atoms with E-state index in [0.717, 1.165) is 6.42 Å². The van der Waals surface area contributed by atoms with Gasteiger partial charge in [0.1, 0.15) is 0 Å². The van der Waals surface area contributed by atoms with Gasteiger partial charge in [-0.25, -0.2) is 12.7 Å². The number of hydrogen-bond acceptors (Lipinski definition) is 3. The third-order valence-electron chi connectivity index (χ3n) is 2.30. The van der Waals surface area contributed by atoms with Gasteiger partial charge in [-0.05, 0) is 18.9 Å². The van der Waals surface area contributed by atoms with Crippen molar-refractivity contribution in [3.8, 4) is 0 Å². The van der Waals surface area contributed by atoms with Crippen molar-refractivity contribution in [3.05, 3.63) is 12.7 Å². The van der Waals surface area contributed by atoms with E-state index < -0.39 is 10.0 Å². The molecule has 0 amide bonds. The summed E-state index contributed by atoms with van der Waals surface area (Å²) in [6.45, 7) is 5.18. The molecule has 1 heterocycles. The van der Waals surface area contributed by atoms with Gasteiger partial charge < -0.3 is 5.73 Å². The molecule has 1 unspecified atom stereocenters. The van der Waals surface area contributed by atoms with Crippen LogP contribution >= 0.6 is 0 Å². The van der Waals surface area contributed by atoms with Crippen LogP contribution < -0.4 is 5.73 Å². The quantitative estimate of drug-likeness (QED) is 0.644. The zero-order valence-electron chi connectivity index (χ0n) is 7.65. The topological polar surface area (TPSA) is 63.4 Å². The SMILES string of the molecule is C=CCS(=O)(=O)N1CCC(CN)C1. The highest BCUT2D eigenvalue weighted by Crippen LogP contribution is 2.18. The fourth-order valence-electron chi connectivity index (χ4n) is 1.50. The van der Waals surface area contributed by atoms with E-state index in [0.29, 0.717) is 25.6 Å². The molecule has 0 saturated carbocycles. The second-order valence-corrected chi connectivity index (χ2v) is 5.33. The molecule has 0 radical (unpaired) electrons. The molecule has 2 N–H and O–H groups in total. The lowest BCUT2D eigenvalue weighted by molar-refractivity contribution is 0.461. The van der Waals surface area contributed by atoms with Gasteiger partial charge in [-0.15, -0.1) is 6.58 Å². The Labute approximate surface area is 79.5 Å². The lowest BCUT2D eigenvalue weighted by Crippen LogP contribution is -2.31. The van der Waals surface area contributed by atoms with Crippen LogP contribution in [-0.4, -0.2) is 38.1 Å². The summed E-state index contributed by atoms with van der Waals surface area (Å²) in [6.07, 6.45) is 2.30. The first-order valence-electron chi connectivity index (χ1n) is 4.39. The second-order valence-electron chi connectivity index (χ2n) is 3.32. The molecule has 0 spiro atoms. The molecule has 1 aliphatic heterocycles. The summed E-state index contributed by atoms with van der Waals surface area (Å²) in [5.41, 5.74) is 5.47. The Bertz CT molecular complexity index is 274. The zero-order valence-corrected chi connectivity index (χ0v) is 8.46. The highest BCUT2D eigenvalue weighted by molar-refractivity contribution is 7.89. The Morgan fingerprint density at radius 3 is 2.77 bits per heavy atom. The van der Waals surface area contributed by atoms with Crippen molar-refractivity contribution in [2.75, 3.05) is 25.4 Å². The Balaban J connectivity index is 2.60. The lowest BCUT2D eigenvalue weighted by Gasteiger charge is -2.14. The number of nitrogens with two attached hydrogens (primary N) is 1. The van der Waals surface area contributed by atoms with Crippen LogP contribution in [0.3, 0.4) is 0 Å². The third kappa shape index (κ3) is 2.52. The molecular weight excluding hydrogens is 188 g/mol. The molecule has 1 fully saturated rings. The number of hydrogen-bond donors (Lipinski definition) is 1. The van der Waals surface area contributed by atoms with E-state index >= 15 is 0 Å². The summed E-state index contributed by atoms with van der Waals surface area (Å²) < 4.78 is 24.5. The van der Waals surface area contributed by atoms with Gasteiger partial charge in [0.25, 0.3) is 0 Å². The smallest absolute Gasteiger partial charge is 0.217 e. The van der Waals surface area contributed by atoms with Crippen LogP contribution in [0.5, 0.6) is 0 Å². The molecule has 0 aromatic heterocycles. The first-order valence-corrected chi connectivity index (χ1v) is 6.00. The van der Waals surface area contributed by atoms with E-state index in [2.05, 4.69) is 6.58 Å². The van der Waals surface area contributed by atoms with Crippen molar-refractivity contribution in [1.82, 2.24) is 4.31 Å². The van der Waals surface area contributed by atoms with E-state index in [1.807, 2.05) is 0 Å². The van der Waals surface area contributed by atoms with Gasteiger partial charge in [-0.2, -0.15) is 0 Å². The number of nitrogens with zero attached hydrogens (tertiary/aromatic N) is 1. The summed E-state index contributed by atoms with van der Waals surface area (Å²) in [6, 6.07) is 0. The molecule has 5 heteroatoms.